The zero-order chi connectivity index (χ0) is 25.1. The van der Waals surface area contributed by atoms with Crippen LogP contribution in [0.3, 0.4) is 0 Å². The summed E-state index contributed by atoms with van der Waals surface area (Å²) in [6.07, 6.45) is 1.79. The normalized spacial score (nSPS) is 20.3. The van der Waals surface area contributed by atoms with Crippen molar-refractivity contribution in [2.24, 2.45) is 0 Å². The van der Waals surface area contributed by atoms with E-state index in [0.717, 1.165) is 46.5 Å². The molecule has 0 saturated heterocycles. The van der Waals surface area contributed by atoms with Crippen LogP contribution in [0.25, 0.3) is 0 Å². The Bertz CT molecular complexity index is 1380. The molecule has 180 valence electrons. The molecule has 0 aliphatic carbocycles. The summed E-state index contributed by atoms with van der Waals surface area (Å²) in [5, 5.41) is 10.1. The summed E-state index contributed by atoms with van der Waals surface area (Å²) in [5.41, 5.74) is 4.19. The number of fused-ring (bicyclic) bond motifs is 2. The Morgan fingerprint density at radius 3 is 2.63 bits per heavy atom. The minimum absolute atomic E-state index is 0.0631. The minimum atomic E-state index is -0.978. The molecule has 5 rings (SSSR count). The maximum Gasteiger partial charge on any atom is 0.335 e. The highest BCUT2D eigenvalue weighted by molar-refractivity contribution is 6.31. The average molecular weight is 490 g/mol. The molecule has 2 aliphatic rings. The Labute approximate surface area is 210 Å². The highest BCUT2D eigenvalue weighted by Gasteiger charge is 2.49. The number of carbonyl (C=O) groups excluding carboxylic acids is 1. The number of aryl methyl sites for hydroxylation is 1. The predicted octanol–water partition coefficient (Wildman–Crippen LogP) is 6.30. The standard InChI is InChI=1S/C29H28ClNO4/c1-17-19(6-5-7-22(17)26(32)33)16-31-24-10-9-21(30)15-23(24)29(4,27(31)34)20-8-11-25-18(14-20)12-13-28(2,3)35-25/h5-11,14-15H,12-13,16H2,1-4H3,(H,32,33)/t29-/m0/s1. The predicted molar refractivity (Wildman–Crippen MR) is 137 cm³/mol. The van der Waals surface area contributed by atoms with E-state index in [2.05, 4.69) is 19.9 Å². The lowest BCUT2D eigenvalue weighted by molar-refractivity contribution is -0.121. The number of hydrogen-bond acceptors (Lipinski definition) is 3. The number of anilines is 1. The minimum Gasteiger partial charge on any atom is -0.488 e. The summed E-state index contributed by atoms with van der Waals surface area (Å²) in [6, 6.07) is 16.7. The van der Waals surface area contributed by atoms with Gasteiger partial charge in [-0.1, -0.05) is 35.9 Å². The van der Waals surface area contributed by atoms with Crippen molar-refractivity contribution in [1.29, 1.82) is 0 Å². The molecule has 6 heteroatoms. The third kappa shape index (κ3) is 3.79. The molecule has 0 unspecified atom stereocenters. The third-order valence-corrected chi connectivity index (χ3v) is 7.72. The molecule has 3 aromatic carbocycles. The Morgan fingerprint density at radius 2 is 1.89 bits per heavy atom. The van der Waals surface area contributed by atoms with Crippen LogP contribution in [0.4, 0.5) is 5.69 Å². The van der Waals surface area contributed by atoms with Gasteiger partial charge in [-0.3, -0.25) is 4.79 Å². The van der Waals surface area contributed by atoms with Crippen LogP contribution in [0, 0.1) is 6.92 Å². The summed E-state index contributed by atoms with van der Waals surface area (Å²) in [5.74, 6) is -0.177. The van der Waals surface area contributed by atoms with Crippen LogP contribution in [-0.2, 0) is 23.2 Å². The van der Waals surface area contributed by atoms with Gasteiger partial charge in [0.2, 0.25) is 5.91 Å². The molecule has 2 aliphatic heterocycles. The quantitative estimate of drug-likeness (QED) is 0.466. The first-order chi connectivity index (χ1) is 16.5. The van der Waals surface area contributed by atoms with Gasteiger partial charge in [-0.15, -0.1) is 0 Å². The monoisotopic (exact) mass is 489 g/mol. The van der Waals surface area contributed by atoms with Gasteiger partial charge in [0, 0.05) is 10.7 Å². The smallest absolute Gasteiger partial charge is 0.335 e. The fraction of sp³-hybridized carbons (Fsp3) is 0.310. The van der Waals surface area contributed by atoms with Crippen LogP contribution in [0.15, 0.2) is 54.6 Å². The molecule has 1 atom stereocenters. The van der Waals surface area contributed by atoms with E-state index in [1.54, 1.807) is 30.0 Å². The largest absolute Gasteiger partial charge is 0.488 e. The Morgan fingerprint density at radius 1 is 1.11 bits per heavy atom. The molecule has 0 aromatic heterocycles. The number of carboxylic acid groups (broad SMARTS) is 1. The van der Waals surface area contributed by atoms with Crippen molar-refractivity contribution in [1.82, 2.24) is 0 Å². The molecule has 1 N–H and O–H groups in total. The van der Waals surface area contributed by atoms with Crippen molar-refractivity contribution >= 4 is 29.2 Å². The van der Waals surface area contributed by atoms with Crippen LogP contribution in [0.5, 0.6) is 5.75 Å². The molecule has 0 spiro atoms. The number of benzene rings is 3. The van der Waals surface area contributed by atoms with E-state index in [9.17, 15) is 14.7 Å². The van der Waals surface area contributed by atoms with Gasteiger partial charge in [0.1, 0.15) is 11.4 Å². The number of halogens is 1. The van der Waals surface area contributed by atoms with Crippen LogP contribution in [0.2, 0.25) is 5.02 Å². The molecule has 1 amide bonds. The molecule has 0 bridgehead atoms. The molecule has 0 fully saturated rings. The van der Waals surface area contributed by atoms with Crippen molar-refractivity contribution in [2.75, 3.05) is 4.90 Å². The maximum atomic E-state index is 14.1. The number of carboxylic acids is 1. The molecular formula is C29H28ClNO4. The number of rotatable bonds is 4. The van der Waals surface area contributed by atoms with Crippen LogP contribution < -0.4 is 9.64 Å². The molecule has 2 heterocycles. The van der Waals surface area contributed by atoms with Crippen molar-refractivity contribution in [3.05, 3.63) is 93.0 Å². The van der Waals surface area contributed by atoms with Crippen LogP contribution in [-0.4, -0.2) is 22.6 Å². The fourth-order valence-electron chi connectivity index (χ4n) is 5.30. The Kier molecular flexibility index (Phi) is 5.44. The van der Waals surface area contributed by atoms with E-state index in [1.807, 2.05) is 37.3 Å². The second-order valence-electron chi connectivity index (χ2n) is 10.3. The third-order valence-electron chi connectivity index (χ3n) is 7.49. The van der Waals surface area contributed by atoms with Crippen molar-refractivity contribution in [2.45, 2.75) is 58.1 Å². The van der Waals surface area contributed by atoms with E-state index < -0.39 is 11.4 Å². The van der Waals surface area contributed by atoms with Gasteiger partial charge in [-0.25, -0.2) is 4.79 Å². The zero-order valence-electron chi connectivity index (χ0n) is 20.3. The SMILES string of the molecule is Cc1c(CN2C(=O)[C@@](C)(c3ccc4c(c3)CCC(C)(C)O4)c3cc(Cl)ccc32)cccc1C(=O)O. The molecule has 0 radical (unpaired) electrons. The number of hydrogen-bond donors (Lipinski definition) is 1. The Hall–Kier alpha value is -3.31. The first-order valence-electron chi connectivity index (χ1n) is 11.8. The molecule has 35 heavy (non-hydrogen) atoms. The second-order valence-corrected chi connectivity index (χ2v) is 10.7. The lowest BCUT2D eigenvalue weighted by Gasteiger charge is -2.34. The summed E-state index contributed by atoms with van der Waals surface area (Å²) in [4.78, 5) is 27.5. The summed E-state index contributed by atoms with van der Waals surface area (Å²) in [6.45, 7) is 8.18. The lowest BCUT2D eigenvalue weighted by atomic mass is 9.76. The van der Waals surface area contributed by atoms with E-state index in [-0.39, 0.29) is 23.6 Å². The zero-order valence-corrected chi connectivity index (χ0v) is 21.1. The molecule has 0 saturated carbocycles. The lowest BCUT2D eigenvalue weighted by Crippen LogP contribution is -2.39. The number of carbonyl (C=O) groups is 2. The van der Waals surface area contributed by atoms with Crippen molar-refractivity contribution in [3.63, 3.8) is 0 Å². The van der Waals surface area contributed by atoms with Gasteiger partial charge >= 0.3 is 5.97 Å². The first kappa shape index (κ1) is 23.4. The van der Waals surface area contributed by atoms with Gasteiger partial charge in [-0.05, 0) is 98.7 Å². The fourth-order valence-corrected chi connectivity index (χ4v) is 5.47. The van der Waals surface area contributed by atoms with E-state index in [4.69, 9.17) is 16.3 Å². The highest BCUT2D eigenvalue weighted by atomic mass is 35.5. The molecular weight excluding hydrogens is 462 g/mol. The van der Waals surface area contributed by atoms with Gasteiger partial charge in [-0.2, -0.15) is 0 Å². The summed E-state index contributed by atoms with van der Waals surface area (Å²) in [7, 11) is 0. The molecule has 3 aromatic rings. The van der Waals surface area contributed by atoms with Crippen LogP contribution in [0.1, 0.15) is 65.4 Å². The molecule has 5 nitrogen and oxygen atoms in total. The summed E-state index contributed by atoms with van der Waals surface area (Å²) >= 11 is 6.41. The average Bonchev–Trinajstić information content (AvgIpc) is 3.01. The summed E-state index contributed by atoms with van der Waals surface area (Å²) < 4.78 is 6.16. The second kappa shape index (κ2) is 8.13. The van der Waals surface area contributed by atoms with Crippen molar-refractivity contribution in [3.8, 4) is 5.75 Å². The van der Waals surface area contributed by atoms with E-state index in [0.29, 0.717) is 10.6 Å². The number of aromatic carboxylic acids is 1. The van der Waals surface area contributed by atoms with Crippen molar-refractivity contribution < 1.29 is 19.4 Å². The van der Waals surface area contributed by atoms with Gasteiger partial charge in [0.25, 0.3) is 0 Å². The number of ether oxygens (including phenoxy) is 1. The van der Waals surface area contributed by atoms with Gasteiger partial charge in [0.15, 0.2) is 0 Å². The Balaban J connectivity index is 1.59. The number of nitrogens with zero attached hydrogens (tertiary/aromatic N) is 1. The number of amides is 1. The van der Waals surface area contributed by atoms with E-state index >= 15 is 0 Å². The topological polar surface area (TPSA) is 66.8 Å². The van der Waals surface area contributed by atoms with E-state index in [1.165, 1.54) is 0 Å². The maximum absolute atomic E-state index is 14.1. The van der Waals surface area contributed by atoms with Gasteiger partial charge < -0.3 is 14.7 Å². The van der Waals surface area contributed by atoms with Crippen LogP contribution >= 0.6 is 11.6 Å². The first-order valence-corrected chi connectivity index (χ1v) is 12.2. The van der Waals surface area contributed by atoms with Gasteiger partial charge in [0.05, 0.1) is 17.5 Å². The highest BCUT2D eigenvalue weighted by Crippen LogP contribution is 2.49.